The van der Waals surface area contributed by atoms with Crippen molar-refractivity contribution in [1.29, 1.82) is 0 Å². The zero-order chi connectivity index (χ0) is 24.3. The fourth-order valence-corrected chi connectivity index (χ4v) is 4.63. The Hall–Kier alpha value is -2.62. The molecule has 0 saturated heterocycles. The van der Waals surface area contributed by atoms with E-state index in [0.29, 0.717) is 44.2 Å². The zero-order valence-electron chi connectivity index (χ0n) is 19.8. The van der Waals surface area contributed by atoms with Crippen LogP contribution in [0.4, 0.5) is 5.69 Å². The van der Waals surface area contributed by atoms with E-state index in [4.69, 9.17) is 14.2 Å². The van der Waals surface area contributed by atoms with Crippen molar-refractivity contribution in [3.63, 3.8) is 0 Å². The average molecular weight is 479 g/mol. The second-order valence-electron chi connectivity index (χ2n) is 7.58. The van der Waals surface area contributed by atoms with E-state index in [0.717, 1.165) is 11.1 Å². The van der Waals surface area contributed by atoms with Gasteiger partial charge in [0, 0.05) is 33.2 Å². The van der Waals surface area contributed by atoms with Crippen LogP contribution in [0.15, 0.2) is 47.4 Å². The largest absolute Gasteiger partial charge is 0.497 e. The van der Waals surface area contributed by atoms with E-state index in [1.54, 1.807) is 56.7 Å². The lowest BCUT2D eigenvalue weighted by atomic mass is 10.1. The van der Waals surface area contributed by atoms with E-state index in [9.17, 15) is 13.2 Å². The van der Waals surface area contributed by atoms with Gasteiger partial charge in [0.1, 0.15) is 5.75 Å². The number of carbonyl (C=O) groups excluding carboxylic acids is 1. The van der Waals surface area contributed by atoms with Crippen molar-refractivity contribution in [3.8, 4) is 5.75 Å². The van der Waals surface area contributed by atoms with Gasteiger partial charge in [0.25, 0.3) is 10.0 Å². The number of hydrogen-bond acceptors (Lipinski definition) is 6. The van der Waals surface area contributed by atoms with Crippen molar-refractivity contribution in [3.05, 3.63) is 53.6 Å². The maximum Gasteiger partial charge on any atom is 0.264 e. The van der Waals surface area contributed by atoms with Crippen molar-refractivity contribution in [2.45, 2.75) is 31.6 Å². The Labute approximate surface area is 196 Å². The van der Waals surface area contributed by atoms with E-state index in [1.807, 2.05) is 13.8 Å². The monoisotopic (exact) mass is 478 g/mol. The number of methoxy groups -OCH3 is 2. The average Bonchev–Trinajstić information content (AvgIpc) is 2.80. The number of nitrogens with zero attached hydrogens (tertiary/aromatic N) is 1. The SMILES string of the molecule is COCCOCCCNC(=O)CCN(c1ccc(OC)cc1)S(=O)(=O)c1ccc(C)c(C)c1. The molecule has 0 aromatic heterocycles. The molecule has 2 rings (SSSR count). The van der Waals surface area contributed by atoms with Gasteiger partial charge in [-0.05, 0) is 67.8 Å². The molecule has 0 spiro atoms. The van der Waals surface area contributed by atoms with Gasteiger partial charge < -0.3 is 19.5 Å². The van der Waals surface area contributed by atoms with Gasteiger partial charge in [0.2, 0.25) is 5.91 Å². The number of ether oxygens (including phenoxy) is 3. The van der Waals surface area contributed by atoms with Crippen LogP contribution in [0.3, 0.4) is 0 Å². The van der Waals surface area contributed by atoms with Crippen LogP contribution in [0, 0.1) is 13.8 Å². The molecule has 0 aliphatic rings. The number of sulfonamides is 1. The number of amides is 1. The molecule has 0 atom stereocenters. The maximum absolute atomic E-state index is 13.5. The number of carbonyl (C=O) groups is 1. The highest BCUT2D eigenvalue weighted by atomic mass is 32.2. The minimum Gasteiger partial charge on any atom is -0.497 e. The lowest BCUT2D eigenvalue weighted by Gasteiger charge is -2.25. The van der Waals surface area contributed by atoms with Crippen molar-refractivity contribution < 1.29 is 27.4 Å². The van der Waals surface area contributed by atoms with Gasteiger partial charge in [-0.1, -0.05) is 6.07 Å². The van der Waals surface area contributed by atoms with Crippen molar-refractivity contribution in [2.24, 2.45) is 0 Å². The number of nitrogens with one attached hydrogen (secondary N) is 1. The summed E-state index contributed by atoms with van der Waals surface area (Å²) >= 11 is 0. The molecular formula is C24H34N2O6S. The van der Waals surface area contributed by atoms with Crippen LogP contribution in [0.2, 0.25) is 0 Å². The number of anilines is 1. The van der Waals surface area contributed by atoms with Gasteiger partial charge in [-0.2, -0.15) is 0 Å². The quantitative estimate of drug-likeness (QED) is 0.420. The van der Waals surface area contributed by atoms with Crippen molar-refractivity contribution in [2.75, 3.05) is 51.4 Å². The maximum atomic E-state index is 13.5. The van der Waals surface area contributed by atoms with Gasteiger partial charge >= 0.3 is 0 Å². The Bertz CT molecular complexity index is 993. The molecule has 0 aliphatic carbocycles. The molecule has 0 bridgehead atoms. The summed E-state index contributed by atoms with van der Waals surface area (Å²) < 4.78 is 43.7. The number of rotatable bonds is 14. The fraction of sp³-hybridized carbons (Fsp3) is 0.458. The molecular weight excluding hydrogens is 444 g/mol. The Morgan fingerprint density at radius 2 is 1.70 bits per heavy atom. The smallest absolute Gasteiger partial charge is 0.264 e. The summed E-state index contributed by atoms with van der Waals surface area (Å²) in [5.41, 5.74) is 2.36. The summed E-state index contributed by atoms with van der Waals surface area (Å²) in [6.45, 7) is 5.83. The fourth-order valence-electron chi connectivity index (χ4n) is 3.08. The number of benzene rings is 2. The highest BCUT2D eigenvalue weighted by Gasteiger charge is 2.26. The Morgan fingerprint density at radius 3 is 2.33 bits per heavy atom. The Morgan fingerprint density at radius 1 is 0.970 bits per heavy atom. The summed E-state index contributed by atoms with van der Waals surface area (Å²) in [6.07, 6.45) is 0.694. The second kappa shape index (κ2) is 13.2. The molecule has 182 valence electrons. The normalized spacial score (nSPS) is 11.3. The lowest BCUT2D eigenvalue weighted by Crippen LogP contribution is -2.35. The number of hydrogen-bond donors (Lipinski definition) is 1. The first-order chi connectivity index (χ1) is 15.8. The van der Waals surface area contributed by atoms with Crippen LogP contribution < -0.4 is 14.4 Å². The molecule has 0 aliphatic heterocycles. The molecule has 2 aromatic rings. The standard InChI is InChI=1S/C24H34N2O6S/c1-19-6-11-23(18-20(19)2)33(28,29)26(21-7-9-22(31-4)10-8-21)14-12-24(27)25-13-5-15-32-17-16-30-3/h6-11,18H,5,12-17H2,1-4H3,(H,25,27). The van der Waals surface area contributed by atoms with E-state index >= 15 is 0 Å². The minimum atomic E-state index is -3.87. The third-order valence-electron chi connectivity index (χ3n) is 5.19. The van der Waals surface area contributed by atoms with E-state index < -0.39 is 10.0 Å². The Kier molecular flexibility index (Phi) is 10.6. The van der Waals surface area contributed by atoms with Crippen molar-refractivity contribution >= 4 is 21.6 Å². The third-order valence-corrected chi connectivity index (χ3v) is 7.01. The molecule has 2 aromatic carbocycles. The minimum absolute atomic E-state index is 0.0117. The second-order valence-corrected chi connectivity index (χ2v) is 9.44. The lowest BCUT2D eigenvalue weighted by molar-refractivity contribution is -0.120. The summed E-state index contributed by atoms with van der Waals surface area (Å²) in [5, 5.41) is 2.81. The van der Waals surface area contributed by atoms with Gasteiger partial charge in [0.05, 0.1) is 30.9 Å². The van der Waals surface area contributed by atoms with E-state index in [-0.39, 0.29) is 23.8 Å². The van der Waals surface area contributed by atoms with Crippen LogP contribution in [-0.4, -0.2) is 61.5 Å². The van der Waals surface area contributed by atoms with E-state index in [2.05, 4.69) is 5.32 Å². The molecule has 0 fully saturated rings. The van der Waals surface area contributed by atoms with Crippen molar-refractivity contribution in [1.82, 2.24) is 5.32 Å². The third kappa shape index (κ3) is 8.03. The summed E-state index contributed by atoms with van der Waals surface area (Å²) in [4.78, 5) is 12.6. The van der Waals surface area contributed by atoms with Gasteiger partial charge in [-0.15, -0.1) is 0 Å². The van der Waals surface area contributed by atoms with Gasteiger partial charge in [-0.25, -0.2) is 8.42 Å². The van der Waals surface area contributed by atoms with Gasteiger partial charge in [0.15, 0.2) is 0 Å². The summed E-state index contributed by atoms with van der Waals surface area (Å²) in [6, 6.07) is 11.8. The molecule has 33 heavy (non-hydrogen) atoms. The highest BCUT2D eigenvalue weighted by molar-refractivity contribution is 7.92. The topological polar surface area (TPSA) is 94.2 Å². The molecule has 0 unspecified atom stereocenters. The summed E-state index contributed by atoms with van der Waals surface area (Å²) in [5.74, 6) is 0.397. The Balaban J connectivity index is 2.08. The zero-order valence-corrected chi connectivity index (χ0v) is 20.6. The molecule has 8 nitrogen and oxygen atoms in total. The molecule has 0 heterocycles. The molecule has 9 heteroatoms. The first-order valence-electron chi connectivity index (χ1n) is 10.9. The summed E-state index contributed by atoms with van der Waals surface area (Å²) in [7, 11) is -0.709. The molecule has 1 amide bonds. The predicted molar refractivity (Wildman–Crippen MR) is 128 cm³/mol. The highest BCUT2D eigenvalue weighted by Crippen LogP contribution is 2.27. The van der Waals surface area contributed by atoms with Crippen LogP contribution in [0.1, 0.15) is 24.0 Å². The van der Waals surface area contributed by atoms with Crippen LogP contribution in [-0.2, 0) is 24.3 Å². The molecule has 1 N–H and O–H groups in total. The number of aryl methyl sites for hydroxylation is 2. The van der Waals surface area contributed by atoms with E-state index in [1.165, 1.54) is 4.31 Å². The molecule has 0 saturated carbocycles. The first kappa shape index (κ1) is 26.6. The predicted octanol–water partition coefficient (Wildman–Crippen LogP) is 3.07. The van der Waals surface area contributed by atoms with Crippen LogP contribution >= 0.6 is 0 Å². The molecule has 0 radical (unpaired) electrons. The first-order valence-corrected chi connectivity index (χ1v) is 12.3. The van der Waals surface area contributed by atoms with Crippen LogP contribution in [0.5, 0.6) is 5.75 Å². The van der Waals surface area contributed by atoms with Gasteiger partial charge in [-0.3, -0.25) is 9.10 Å². The van der Waals surface area contributed by atoms with Crippen LogP contribution in [0.25, 0.3) is 0 Å².